The van der Waals surface area contributed by atoms with Gasteiger partial charge in [0.05, 0.1) is 5.56 Å². The van der Waals surface area contributed by atoms with Crippen molar-refractivity contribution < 1.29 is 4.79 Å². The lowest BCUT2D eigenvalue weighted by Crippen LogP contribution is -2.46. The summed E-state index contributed by atoms with van der Waals surface area (Å²) in [6.45, 7) is 7.78. The van der Waals surface area contributed by atoms with Gasteiger partial charge in [0.15, 0.2) is 0 Å². The Morgan fingerprint density at radius 2 is 1.84 bits per heavy atom. The van der Waals surface area contributed by atoms with E-state index in [9.17, 15) is 4.79 Å². The van der Waals surface area contributed by atoms with Crippen molar-refractivity contribution in [1.29, 1.82) is 0 Å². The quantitative estimate of drug-likeness (QED) is 0.799. The van der Waals surface area contributed by atoms with Gasteiger partial charge in [-0.3, -0.25) is 9.69 Å². The molecule has 0 aromatic carbocycles. The lowest BCUT2D eigenvalue weighted by molar-refractivity contribution is 0.0947. The van der Waals surface area contributed by atoms with Crippen molar-refractivity contribution in [2.45, 2.75) is 19.3 Å². The lowest BCUT2D eigenvalue weighted by atomic mass is 10.1. The molecule has 2 saturated heterocycles. The molecule has 2 N–H and O–H groups in total. The van der Waals surface area contributed by atoms with Crippen LogP contribution < -0.4 is 15.5 Å². The van der Waals surface area contributed by atoms with E-state index in [-0.39, 0.29) is 30.7 Å². The Balaban J connectivity index is 0.00000156. The van der Waals surface area contributed by atoms with Crippen molar-refractivity contribution in [2.24, 2.45) is 0 Å². The average molecular weight is 390 g/mol. The summed E-state index contributed by atoms with van der Waals surface area (Å²) in [7, 11) is 0. The van der Waals surface area contributed by atoms with Crippen LogP contribution in [-0.2, 0) is 0 Å². The molecule has 1 aromatic rings. The van der Waals surface area contributed by atoms with Gasteiger partial charge in [0.1, 0.15) is 5.82 Å². The molecule has 1 amide bonds. The Hall–Kier alpha value is -1.08. The maximum atomic E-state index is 12.5. The molecule has 2 aliphatic heterocycles. The molecule has 3 heterocycles. The second-order valence-electron chi connectivity index (χ2n) is 6.27. The van der Waals surface area contributed by atoms with Crippen LogP contribution >= 0.6 is 24.8 Å². The van der Waals surface area contributed by atoms with E-state index in [1.165, 1.54) is 19.3 Å². The molecule has 0 unspecified atom stereocenters. The summed E-state index contributed by atoms with van der Waals surface area (Å²) >= 11 is 0. The van der Waals surface area contributed by atoms with Crippen LogP contribution in [0.25, 0.3) is 0 Å². The van der Waals surface area contributed by atoms with E-state index in [1.807, 2.05) is 12.1 Å². The topological polar surface area (TPSA) is 60.5 Å². The van der Waals surface area contributed by atoms with Crippen LogP contribution in [-0.4, -0.2) is 68.1 Å². The summed E-state index contributed by atoms with van der Waals surface area (Å²) in [5, 5.41) is 6.40. The zero-order valence-electron chi connectivity index (χ0n) is 14.6. The number of amides is 1. The molecule has 6 nitrogen and oxygen atoms in total. The number of rotatable bonds is 5. The number of carbonyl (C=O) groups is 1. The number of piperidine rings is 1. The molecule has 0 atom stereocenters. The number of pyridine rings is 1. The zero-order chi connectivity index (χ0) is 15.9. The maximum absolute atomic E-state index is 12.5. The third-order valence-corrected chi connectivity index (χ3v) is 4.61. The maximum Gasteiger partial charge on any atom is 0.255 e. The first-order valence-corrected chi connectivity index (χ1v) is 8.76. The molecule has 2 fully saturated rings. The molecule has 0 bridgehead atoms. The van der Waals surface area contributed by atoms with Crippen molar-refractivity contribution in [3.8, 4) is 0 Å². The highest BCUT2D eigenvalue weighted by atomic mass is 35.5. The second kappa shape index (κ2) is 11.5. The molecule has 8 heteroatoms. The molecule has 2 aliphatic rings. The summed E-state index contributed by atoms with van der Waals surface area (Å²) in [6, 6.07) is 3.73. The van der Waals surface area contributed by atoms with Gasteiger partial charge >= 0.3 is 0 Å². The van der Waals surface area contributed by atoms with Gasteiger partial charge in [-0.25, -0.2) is 4.98 Å². The van der Waals surface area contributed by atoms with Gasteiger partial charge in [0.25, 0.3) is 5.91 Å². The van der Waals surface area contributed by atoms with Gasteiger partial charge < -0.3 is 15.5 Å². The van der Waals surface area contributed by atoms with E-state index in [0.29, 0.717) is 12.1 Å². The smallest absolute Gasteiger partial charge is 0.255 e. The molecule has 0 aliphatic carbocycles. The number of halogens is 2. The minimum absolute atomic E-state index is 0. The van der Waals surface area contributed by atoms with Gasteiger partial charge in [-0.15, -0.1) is 24.8 Å². The van der Waals surface area contributed by atoms with Gasteiger partial charge in [0, 0.05) is 58.6 Å². The first-order valence-electron chi connectivity index (χ1n) is 8.76. The molecule has 1 aromatic heterocycles. The number of piperazine rings is 1. The summed E-state index contributed by atoms with van der Waals surface area (Å²) in [4.78, 5) is 21.6. The Morgan fingerprint density at radius 3 is 2.56 bits per heavy atom. The monoisotopic (exact) mass is 389 g/mol. The summed E-state index contributed by atoms with van der Waals surface area (Å²) in [5.41, 5.74) is 0.703. The highest BCUT2D eigenvalue weighted by Gasteiger charge is 2.19. The van der Waals surface area contributed by atoms with Crippen molar-refractivity contribution >= 4 is 36.5 Å². The number of aromatic nitrogens is 1. The first-order chi connectivity index (χ1) is 11.3. The van der Waals surface area contributed by atoms with Crippen molar-refractivity contribution in [1.82, 2.24) is 20.5 Å². The largest absolute Gasteiger partial charge is 0.356 e. The predicted octanol–water partition coefficient (Wildman–Crippen LogP) is 1.55. The van der Waals surface area contributed by atoms with Crippen molar-refractivity contribution in [3.63, 3.8) is 0 Å². The number of nitrogens with one attached hydrogen (secondary N) is 2. The highest BCUT2D eigenvalue weighted by Crippen LogP contribution is 2.21. The number of hydrogen-bond acceptors (Lipinski definition) is 5. The van der Waals surface area contributed by atoms with E-state index in [0.717, 1.165) is 51.6 Å². The fourth-order valence-electron chi connectivity index (χ4n) is 3.29. The number of anilines is 1. The van der Waals surface area contributed by atoms with Crippen molar-refractivity contribution in [3.05, 3.63) is 23.9 Å². The van der Waals surface area contributed by atoms with Crippen LogP contribution in [0.5, 0.6) is 0 Å². The van der Waals surface area contributed by atoms with Gasteiger partial charge in [0.2, 0.25) is 0 Å². The molecular weight excluding hydrogens is 361 g/mol. The minimum atomic E-state index is -0.00573. The van der Waals surface area contributed by atoms with Crippen molar-refractivity contribution in [2.75, 3.05) is 57.3 Å². The number of nitrogens with zero attached hydrogens (tertiary/aromatic N) is 3. The zero-order valence-corrected chi connectivity index (χ0v) is 16.2. The van der Waals surface area contributed by atoms with E-state index in [4.69, 9.17) is 0 Å². The molecule has 25 heavy (non-hydrogen) atoms. The summed E-state index contributed by atoms with van der Waals surface area (Å²) < 4.78 is 0. The predicted molar refractivity (Wildman–Crippen MR) is 106 cm³/mol. The van der Waals surface area contributed by atoms with Crippen LogP contribution in [0.15, 0.2) is 18.3 Å². The van der Waals surface area contributed by atoms with Crippen LogP contribution in [0.4, 0.5) is 5.82 Å². The van der Waals surface area contributed by atoms with Gasteiger partial charge in [-0.1, -0.05) is 0 Å². The lowest BCUT2D eigenvalue weighted by Gasteiger charge is -2.29. The second-order valence-corrected chi connectivity index (χ2v) is 6.27. The summed E-state index contributed by atoms with van der Waals surface area (Å²) in [6.07, 6.45) is 5.41. The Kier molecular flexibility index (Phi) is 10.1. The van der Waals surface area contributed by atoms with E-state index in [1.54, 1.807) is 6.20 Å². The van der Waals surface area contributed by atoms with Crippen LogP contribution in [0.1, 0.15) is 29.6 Å². The van der Waals surface area contributed by atoms with Gasteiger partial charge in [-0.2, -0.15) is 0 Å². The average Bonchev–Trinajstić information content (AvgIpc) is 2.63. The van der Waals surface area contributed by atoms with E-state index < -0.39 is 0 Å². The van der Waals surface area contributed by atoms with Gasteiger partial charge in [-0.05, 0) is 31.4 Å². The molecule has 0 spiro atoms. The number of hydrogen-bond donors (Lipinski definition) is 2. The first kappa shape index (κ1) is 22.0. The Bertz CT molecular complexity index is 520. The normalized spacial score (nSPS) is 18.0. The summed E-state index contributed by atoms with van der Waals surface area (Å²) in [5.74, 6) is 0.834. The Morgan fingerprint density at radius 1 is 1.12 bits per heavy atom. The molecule has 0 saturated carbocycles. The fraction of sp³-hybridized carbons (Fsp3) is 0.647. The fourth-order valence-corrected chi connectivity index (χ4v) is 3.29. The van der Waals surface area contributed by atoms with Crippen LogP contribution in [0.2, 0.25) is 0 Å². The SMILES string of the molecule is Cl.Cl.O=C(NCCN1CCNCC1)c1cccnc1N1CCCCC1. The third-order valence-electron chi connectivity index (χ3n) is 4.61. The molecule has 142 valence electrons. The minimum Gasteiger partial charge on any atom is -0.356 e. The molecular formula is C17H29Cl2N5O. The standard InChI is InChI=1S/C17H27N5O.2ClH/c23-17(20-9-14-21-12-7-18-8-13-21)15-5-4-6-19-16(15)22-10-2-1-3-11-22;;/h4-6,18H,1-3,7-14H2,(H,20,23);2*1H. The molecule has 0 radical (unpaired) electrons. The van der Waals surface area contributed by atoms with E-state index >= 15 is 0 Å². The van der Waals surface area contributed by atoms with E-state index in [2.05, 4.69) is 25.4 Å². The van der Waals surface area contributed by atoms with Crippen LogP contribution in [0, 0.1) is 0 Å². The number of carbonyl (C=O) groups excluding carboxylic acids is 1. The highest BCUT2D eigenvalue weighted by molar-refractivity contribution is 5.98. The molecule has 3 rings (SSSR count). The third kappa shape index (κ3) is 6.29. The van der Waals surface area contributed by atoms with Crippen LogP contribution in [0.3, 0.4) is 0 Å². The Labute approximate surface area is 162 Å².